The summed E-state index contributed by atoms with van der Waals surface area (Å²) in [6, 6.07) is 17.3. The predicted molar refractivity (Wildman–Crippen MR) is 121 cm³/mol. The smallest absolute Gasteiger partial charge is 0.272 e. The average Bonchev–Trinajstić information content (AvgIpc) is 3.10. The first-order chi connectivity index (χ1) is 15.1. The topological polar surface area (TPSA) is 59.4 Å². The van der Waals surface area contributed by atoms with E-state index in [0.717, 1.165) is 35.1 Å². The van der Waals surface area contributed by atoms with Crippen LogP contribution in [0.1, 0.15) is 48.2 Å². The number of fused-ring (bicyclic) bond motifs is 3. The number of rotatable bonds is 5. The van der Waals surface area contributed by atoms with Crippen LogP contribution in [0.2, 0.25) is 0 Å². The Hall–Kier alpha value is -2.86. The Balaban J connectivity index is 1.33. The van der Waals surface area contributed by atoms with Crippen molar-refractivity contribution in [2.45, 2.75) is 56.8 Å². The van der Waals surface area contributed by atoms with Gasteiger partial charge in [-0.3, -0.25) is 9.48 Å². The number of hydrogen-bond donors (Lipinski definition) is 1. The van der Waals surface area contributed by atoms with Crippen LogP contribution in [0.3, 0.4) is 0 Å². The molecular weight excluding hydrogens is 388 g/mol. The number of nitrogens with one attached hydrogen (secondary N) is 1. The third-order valence-corrected chi connectivity index (χ3v) is 6.96. The molecule has 31 heavy (non-hydrogen) atoms. The van der Waals surface area contributed by atoms with Crippen LogP contribution in [-0.4, -0.2) is 45.8 Å². The maximum absolute atomic E-state index is 13.2. The van der Waals surface area contributed by atoms with Gasteiger partial charge >= 0.3 is 0 Å². The van der Waals surface area contributed by atoms with E-state index in [1.165, 1.54) is 19.3 Å². The number of piperidine rings is 2. The number of hydrogen-bond acceptors (Lipinski definition) is 4. The number of carbonyl (C=O) groups excluding carboxylic acids is 1. The van der Waals surface area contributed by atoms with E-state index < -0.39 is 0 Å². The molecule has 6 heteroatoms. The molecule has 3 heterocycles. The lowest BCUT2D eigenvalue weighted by molar-refractivity contribution is 0.0462. The van der Waals surface area contributed by atoms with Gasteiger partial charge in [-0.05, 0) is 56.5 Å². The zero-order valence-corrected chi connectivity index (χ0v) is 18.3. The van der Waals surface area contributed by atoms with Crippen molar-refractivity contribution < 1.29 is 9.53 Å². The number of ether oxygens (including phenoxy) is 1. The molecule has 0 saturated carbocycles. The summed E-state index contributed by atoms with van der Waals surface area (Å²) in [7, 11) is 4.11. The fraction of sp³-hybridized carbons (Fsp3) is 0.440. The van der Waals surface area contributed by atoms with E-state index >= 15 is 0 Å². The monoisotopic (exact) mass is 418 g/mol. The van der Waals surface area contributed by atoms with E-state index in [9.17, 15) is 4.79 Å². The van der Waals surface area contributed by atoms with Gasteiger partial charge in [-0.25, -0.2) is 0 Å². The van der Waals surface area contributed by atoms with Crippen LogP contribution in [0.15, 0.2) is 48.5 Å². The summed E-state index contributed by atoms with van der Waals surface area (Å²) >= 11 is 0. The van der Waals surface area contributed by atoms with Gasteiger partial charge in [0.2, 0.25) is 0 Å². The average molecular weight is 419 g/mol. The van der Waals surface area contributed by atoms with E-state index in [0.29, 0.717) is 24.4 Å². The highest BCUT2D eigenvalue weighted by atomic mass is 16.5. The van der Waals surface area contributed by atoms with Crippen molar-refractivity contribution >= 4 is 16.8 Å². The fourth-order valence-corrected chi connectivity index (χ4v) is 5.23. The highest BCUT2D eigenvalue weighted by Gasteiger charge is 2.36. The first kappa shape index (κ1) is 20.1. The second kappa shape index (κ2) is 8.35. The molecular formula is C25H30N4O2. The number of carbonyl (C=O) groups is 1. The van der Waals surface area contributed by atoms with E-state index in [1.807, 2.05) is 55.6 Å². The van der Waals surface area contributed by atoms with Gasteiger partial charge in [0.15, 0.2) is 5.69 Å². The van der Waals surface area contributed by atoms with E-state index in [-0.39, 0.29) is 11.9 Å². The highest BCUT2D eigenvalue weighted by Crippen LogP contribution is 2.33. The zero-order chi connectivity index (χ0) is 21.4. The third kappa shape index (κ3) is 4.04. The van der Waals surface area contributed by atoms with Crippen LogP contribution in [0, 0.1) is 0 Å². The second-order valence-corrected chi connectivity index (χ2v) is 8.97. The molecule has 0 spiro atoms. The van der Waals surface area contributed by atoms with Gasteiger partial charge in [-0.1, -0.05) is 36.8 Å². The normalized spacial score (nSPS) is 23.6. The molecule has 6 nitrogen and oxygen atoms in total. The summed E-state index contributed by atoms with van der Waals surface area (Å²) in [5.74, 6) is 0.658. The van der Waals surface area contributed by atoms with Crippen LogP contribution in [0.4, 0.5) is 0 Å². The van der Waals surface area contributed by atoms with Crippen molar-refractivity contribution in [2.75, 3.05) is 7.05 Å². The molecule has 162 valence electrons. The van der Waals surface area contributed by atoms with Gasteiger partial charge in [0.25, 0.3) is 5.91 Å². The standard InChI is InChI=1S/C25H30N4O2/c1-28-19-9-6-10-20(28)14-18(13-19)26-25(30)24-22-15-21(11-12-23(22)29(2)27-24)31-16-17-7-4-3-5-8-17/h3-5,7-8,11-12,15,18-20H,6,9-10,13-14,16H2,1-2H3,(H,26,30)/t18?,19-,20+. The minimum Gasteiger partial charge on any atom is -0.489 e. The molecule has 2 aromatic carbocycles. The Morgan fingerprint density at radius 1 is 1.10 bits per heavy atom. The van der Waals surface area contributed by atoms with Crippen molar-refractivity contribution in [1.29, 1.82) is 0 Å². The summed E-state index contributed by atoms with van der Waals surface area (Å²) in [6.45, 7) is 0.493. The summed E-state index contributed by atoms with van der Waals surface area (Å²) in [5.41, 5.74) is 2.52. The lowest BCUT2D eigenvalue weighted by Gasteiger charge is -2.47. The maximum Gasteiger partial charge on any atom is 0.272 e. The van der Waals surface area contributed by atoms with Crippen LogP contribution in [0.25, 0.3) is 10.9 Å². The van der Waals surface area contributed by atoms with Crippen LogP contribution >= 0.6 is 0 Å². The first-order valence-corrected chi connectivity index (χ1v) is 11.2. The van der Waals surface area contributed by atoms with Crippen LogP contribution < -0.4 is 10.1 Å². The van der Waals surface area contributed by atoms with Crippen molar-refractivity contribution in [1.82, 2.24) is 20.0 Å². The predicted octanol–water partition coefficient (Wildman–Crippen LogP) is 3.90. The van der Waals surface area contributed by atoms with E-state index in [1.54, 1.807) is 4.68 Å². The summed E-state index contributed by atoms with van der Waals surface area (Å²) < 4.78 is 7.75. The Morgan fingerprint density at radius 3 is 2.58 bits per heavy atom. The van der Waals surface area contributed by atoms with Gasteiger partial charge in [-0.2, -0.15) is 5.10 Å². The van der Waals surface area contributed by atoms with Crippen LogP contribution in [-0.2, 0) is 13.7 Å². The molecule has 2 aliphatic heterocycles. The highest BCUT2D eigenvalue weighted by molar-refractivity contribution is 6.05. The van der Waals surface area contributed by atoms with Crippen molar-refractivity contribution in [3.05, 3.63) is 59.8 Å². The SMILES string of the molecule is CN1[C@@H]2CCC[C@H]1CC(NC(=O)c1nn(C)c3ccc(OCc4ccccc4)cc13)C2. The zero-order valence-electron chi connectivity index (χ0n) is 18.3. The molecule has 1 N–H and O–H groups in total. The largest absolute Gasteiger partial charge is 0.489 e. The van der Waals surface area contributed by atoms with Gasteiger partial charge in [0.05, 0.1) is 5.52 Å². The summed E-state index contributed by atoms with van der Waals surface area (Å²) in [6.07, 6.45) is 5.81. The molecule has 1 unspecified atom stereocenters. The van der Waals surface area contributed by atoms with Gasteiger partial charge in [0, 0.05) is 30.6 Å². The first-order valence-electron chi connectivity index (χ1n) is 11.2. The van der Waals surface area contributed by atoms with Gasteiger partial charge in [0.1, 0.15) is 12.4 Å². The molecule has 2 saturated heterocycles. The summed E-state index contributed by atoms with van der Waals surface area (Å²) in [5, 5.41) is 8.66. The van der Waals surface area contributed by atoms with Gasteiger partial charge < -0.3 is 15.0 Å². The lowest BCUT2D eigenvalue weighted by atomic mass is 9.82. The van der Waals surface area contributed by atoms with Gasteiger partial charge in [-0.15, -0.1) is 0 Å². The number of benzene rings is 2. The molecule has 3 aromatic rings. The maximum atomic E-state index is 13.2. The Morgan fingerprint density at radius 2 is 1.84 bits per heavy atom. The molecule has 5 rings (SSSR count). The Labute approximate surface area is 183 Å². The quantitative estimate of drug-likeness (QED) is 0.683. The van der Waals surface area contributed by atoms with Crippen LogP contribution in [0.5, 0.6) is 5.75 Å². The minimum atomic E-state index is -0.0848. The molecule has 1 aromatic heterocycles. The summed E-state index contributed by atoms with van der Waals surface area (Å²) in [4.78, 5) is 15.7. The number of nitrogens with zero attached hydrogens (tertiary/aromatic N) is 3. The third-order valence-electron chi connectivity index (χ3n) is 6.96. The van der Waals surface area contributed by atoms with E-state index in [4.69, 9.17) is 4.74 Å². The molecule has 3 atom stereocenters. The Bertz CT molecular complexity index is 1060. The van der Waals surface area contributed by atoms with Crippen molar-refractivity contribution in [2.24, 2.45) is 7.05 Å². The lowest BCUT2D eigenvalue weighted by Crippen LogP contribution is -2.55. The number of amides is 1. The molecule has 2 fully saturated rings. The molecule has 2 aliphatic rings. The molecule has 0 aliphatic carbocycles. The molecule has 0 radical (unpaired) electrons. The van der Waals surface area contributed by atoms with Crippen molar-refractivity contribution in [3.63, 3.8) is 0 Å². The Kier molecular flexibility index (Phi) is 5.40. The van der Waals surface area contributed by atoms with Crippen molar-refractivity contribution in [3.8, 4) is 5.75 Å². The number of aryl methyl sites for hydroxylation is 1. The molecule has 2 bridgehead atoms. The fourth-order valence-electron chi connectivity index (χ4n) is 5.23. The number of aromatic nitrogens is 2. The second-order valence-electron chi connectivity index (χ2n) is 8.97. The van der Waals surface area contributed by atoms with E-state index in [2.05, 4.69) is 22.4 Å². The minimum absolute atomic E-state index is 0.0848. The molecule has 1 amide bonds.